The minimum Gasteiger partial charge on any atom is -0.492 e. The van der Waals surface area contributed by atoms with Crippen molar-refractivity contribution in [1.29, 1.82) is 0 Å². The highest BCUT2D eigenvalue weighted by Gasteiger charge is 2.30. The third-order valence-corrected chi connectivity index (χ3v) is 3.64. The lowest BCUT2D eigenvalue weighted by Crippen LogP contribution is -2.28. The first-order valence-electron chi connectivity index (χ1n) is 6.70. The summed E-state index contributed by atoms with van der Waals surface area (Å²) in [6, 6.07) is 11.7. The molecular formula is C16H13F3INO2. The molecule has 2 aromatic carbocycles. The van der Waals surface area contributed by atoms with Gasteiger partial charge in [0.1, 0.15) is 12.4 Å². The molecule has 0 saturated carbocycles. The second-order valence-electron chi connectivity index (χ2n) is 4.64. The van der Waals surface area contributed by atoms with Gasteiger partial charge in [0.2, 0.25) is 0 Å². The molecule has 0 radical (unpaired) electrons. The van der Waals surface area contributed by atoms with Crippen LogP contribution >= 0.6 is 22.6 Å². The van der Waals surface area contributed by atoms with Crippen LogP contribution in [0.15, 0.2) is 48.5 Å². The standard InChI is InChI=1S/C16H13F3INO2/c17-16(18,19)12-2-1-3-14(10-12)23-9-8-21-15(22)11-4-6-13(20)7-5-11/h1-7,10H,8-9H2,(H,21,22). The molecular weight excluding hydrogens is 422 g/mol. The topological polar surface area (TPSA) is 38.3 Å². The van der Waals surface area contributed by atoms with Gasteiger partial charge >= 0.3 is 6.18 Å². The van der Waals surface area contributed by atoms with E-state index in [1.807, 2.05) is 12.1 Å². The molecule has 0 aliphatic rings. The van der Waals surface area contributed by atoms with Crippen molar-refractivity contribution in [1.82, 2.24) is 5.32 Å². The van der Waals surface area contributed by atoms with Crippen LogP contribution in [-0.2, 0) is 6.18 Å². The lowest BCUT2D eigenvalue weighted by Gasteiger charge is -2.10. The number of carbonyl (C=O) groups is 1. The molecule has 122 valence electrons. The van der Waals surface area contributed by atoms with E-state index in [1.165, 1.54) is 12.1 Å². The molecule has 23 heavy (non-hydrogen) atoms. The minimum atomic E-state index is -4.40. The molecule has 3 nitrogen and oxygen atoms in total. The number of nitrogens with one attached hydrogen (secondary N) is 1. The van der Waals surface area contributed by atoms with Crippen LogP contribution in [0, 0.1) is 3.57 Å². The van der Waals surface area contributed by atoms with Crippen LogP contribution in [0.3, 0.4) is 0 Å². The van der Waals surface area contributed by atoms with E-state index in [1.54, 1.807) is 12.1 Å². The van der Waals surface area contributed by atoms with E-state index in [0.717, 1.165) is 15.7 Å². The number of benzene rings is 2. The predicted octanol–water partition coefficient (Wildman–Crippen LogP) is 4.12. The van der Waals surface area contributed by atoms with Gasteiger partial charge in [-0.05, 0) is 65.1 Å². The van der Waals surface area contributed by atoms with Gasteiger partial charge in [-0.15, -0.1) is 0 Å². The maximum atomic E-state index is 12.6. The number of alkyl halides is 3. The molecule has 0 saturated heterocycles. The fourth-order valence-electron chi connectivity index (χ4n) is 1.80. The van der Waals surface area contributed by atoms with Crippen LogP contribution in [0.1, 0.15) is 15.9 Å². The molecule has 0 unspecified atom stereocenters. The van der Waals surface area contributed by atoms with Crippen LogP contribution in [0.25, 0.3) is 0 Å². The van der Waals surface area contributed by atoms with Crippen molar-refractivity contribution in [3.63, 3.8) is 0 Å². The second kappa shape index (κ2) is 7.67. The first kappa shape index (κ1) is 17.6. The molecule has 0 fully saturated rings. The summed E-state index contributed by atoms with van der Waals surface area (Å²) in [6.45, 7) is 0.276. The summed E-state index contributed by atoms with van der Waals surface area (Å²) in [7, 11) is 0. The molecule has 1 amide bonds. The number of ether oxygens (including phenoxy) is 1. The number of hydrogen-bond acceptors (Lipinski definition) is 2. The van der Waals surface area contributed by atoms with Crippen molar-refractivity contribution < 1.29 is 22.7 Å². The van der Waals surface area contributed by atoms with E-state index in [0.29, 0.717) is 5.56 Å². The van der Waals surface area contributed by atoms with Gasteiger partial charge in [-0.1, -0.05) is 6.07 Å². The first-order chi connectivity index (χ1) is 10.9. The van der Waals surface area contributed by atoms with Crippen molar-refractivity contribution in [2.75, 3.05) is 13.2 Å². The first-order valence-corrected chi connectivity index (χ1v) is 7.78. The van der Waals surface area contributed by atoms with Crippen molar-refractivity contribution >= 4 is 28.5 Å². The quantitative estimate of drug-likeness (QED) is 0.567. The highest BCUT2D eigenvalue weighted by atomic mass is 127. The van der Waals surface area contributed by atoms with E-state index in [-0.39, 0.29) is 24.8 Å². The van der Waals surface area contributed by atoms with Gasteiger partial charge in [0.05, 0.1) is 12.1 Å². The summed E-state index contributed by atoms with van der Waals surface area (Å²) < 4.78 is 43.9. The molecule has 1 N–H and O–H groups in total. The molecule has 2 rings (SSSR count). The van der Waals surface area contributed by atoms with E-state index in [9.17, 15) is 18.0 Å². The Kier molecular flexibility index (Phi) is 5.86. The number of hydrogen-bond donors (Lipinski definition) is 1. The van der Waals surface area contributed by atoms with E-state index >= 15 is 0 Å². The summed E-state index contributed by atoms with van der Waals surface area (Å²) in [5.41, 5.74) is -0.248. The fraction of sp³-hybridized carbons (Fsp3) is 0.188. The summed E-state index contributed by atoms with van der Waals surface area (Å²) in [5.74, 6) is -0.141. The molecule has 0 heterocycles. The smallest absolute Gasteiger partial charge is 0.416 e. The Morgan fingerprint density at radius 3 is 2.48 bits per heavy atom. The van der Waals surface area contributed by atoms with Crippen LogP contribution in [-0.4, -0.2) is 19.1 Å². The third-order valence-electron chi connectivity index (χ3n) is 2.92. The van der Waals surface area contributed by atoms with Gasteiger partial charge in [-0.2, -0.15) is 13.2 Å². The Balaban J connectivity index is 1.81. The summed E-state index contributed by atoms with van der Waals surface area (Å²) in [4.78, 5) is 11.8. The summed E-state index contributed by atoms with van der Waals surface area (Å²) >= 11 is 2.14. The number of amides is 1. The highest BCUT2D eigenvalue weighted by molar-refractivity contribution is 14.1. The van der Waals surface area contributed by atoms with Gasteiger partial charge in [0, 0.05) is 9.13 Å². The van der Waals surface area contributed by atoms with Gasteiger partial charge in [-0.25, -0.2) is 0 Å². The second-order valence-corrected chi connectivity index (χ2v) is 5.88. The van der Waals surface area contributed by atoms with Gasteiger partial charge < -0.3 is 10.1 Å². The van der Waals surface area contributed by atoms with E-state index in [4.69, 9.17) is 4.74 Å². The Hall–Kier alpha value is -1.77. The summed E-state index contributed by atoms with van der Waals surface area (Å²) in [6.07, 6.45) is -4.40. The number of halogens is 4. The molecule has 2 aromatic rings. The normalized spacial score (nSPS) is 11.1. The van der Waals surface area contributed by atoms with Crippen LogP contribution in [0.5, 0.6) is 5.75 Å². The van der Waals surface area contributed by atoms with Crippen LogP contribution in [0.4, 0.5) is 13.2 Å². The Labute approximate surface area is 145 Å². The van der Waals surface area contributed by atoms with E-state index in [2.05, 4.69) is 27.9 Å². The van der Waals surface area contributed by atoms with Crippen molar-refractivity contribution in [2.45, 2.75) is 6.18 Å². The predicted molar refractivity (Wildman–Crippen MR) is 88.4 cm³/mol. The van der Waals surface area contributed by atoms with Crippen LogP contribution in [0.2, 0.25) is 0 Å². The largest absolute Gasteiger partial charge is 0.492 e. The molecule has 0 aliphatic heterocycles. The van der Waals surface area contributed by atoms with Crippen molar-refractivity contribution in [3.8, 4) is 5.75 Å². The minimum absolute atomic E-state index is 0.0808. The maximum absolute atomic E-state index is 12.6. The molecule has 7 heteroatoms. The van der Waals surface area contributed by atoms with Gasteiger partial charge in [-0.3, -0.25) is 4.79 Å². The Morgan fingerprint density at radius 1 is 1.13 bits per heavy atom. The van der Waals surface area contributed by atoms with Gasteiger partial charge in [0.25, 0.3) is 5.91 Å². The zero-order valence-electron chi connectivity index (χ0n) is 11.9. The monoisotopic (exact) mass is 435 g/mol. The fourth-order valence-corrected chi connectivity index (χ4v) is 2.16. The molecule has 0 spiro atoms. The van der Waals surface area contributed by atoms with Crippen LogP contribution < -0.4 is 10.1 Å². The van der Waals surface area contributed by atoms with Crippen molar-refractivity contribution in [2.24, 2.45) is 0 Å². The molecule has 0 atom stereocenters. The average Bonchev–Trinajstić information content (AvgIpc) is 2.51. The number of carbonyl (C=O) groups excluding carboxylic acids is 1. The Morgan fingerprint density at radius 2 is 1.83 bits per heavy atom. The molecule has 0 bridgehead atoms. The van der Waals surface area contributed by atoms with Gasteiger partial charge in [0.15, 0.2) is 0 Å². The van der Waals surface area contributed by atoms with E-state index < -0.39 is 11.7 Å². The Bertz CT molecular complexity index is 672. The lowest BCUT2D eigenvalue weighted by atomic mass is 10.2. The molecule has 0 aromatic heterocycles. The zero-order chi connectivity index (χ0) is 16.9. The number of rotatable bonds is 5. The highest BCUT2D eigenvalue weighted by Crippen LogP contribution is 2.31. The SMILES string of the molecule is O=C(NCCOc1cccc(C(F)(F)F)c1)c1ccc(I)cc1. The molecule has 0 aliphatic carbocycles. The lowest BCUT2D eigenvalue weighted by molar-refractivity contribution is -0.137. The third kappa shape index (κ3) is 5.42. The maximum Gasteiger partial charge on any atom is 0.416 e. The van der Waals surface area contributed by atoms with Crippen molar-refractivity contribution in [3.05, 3.63) is 63.2 Å². The average molecular weight is 435 g/mol. The summed E-state index contributed by atoms with van der Waals surface area (Å²) in [5, 5.41) is 2.64. The zero-order valence-corrected chi connectivity index (χ0v) is 14.0.